The summed E-state index contributed by atoms with van der Waals surface area (Å²) in [6.07, 6.45) is -1.82. The summed E-state index contributed by atoms with van der Waals surface area (Å²) in [5.74, 6) is 0. The molecule has 0 fully saturated rings. The van der Waals surface area contributed by atoms with Crippen LogP contribution in [-0.2, 0) is 0 Å². The molecule has 15 heavy (non-hydrogen) atoms. The summed E-state index contributed by atoms with van der Waals surface area (Å²) in [6.45, 7) is 4.48. The Labute approximate surface area is 90.4 Å². The summed E-state index contributed by atoms with van der Waals surface area (Å²) in [4.78, 5) is 0. The van der Waals surface area contributed by atoms with E-state index in [1.807, 2.05) is 0 Å². The average molecular weight is 228 g/mol. The molecule has 6 N–H and O–H groups in total. The van der Waals surface area contributed by atoms with Crippen molar-refractivity contribution in [1.29, 1.82) is 0 Å². The van der Waals surface area contributed by atoms with E-state index in [4.69, 9.17) is 30.6 Å². The first-order valence-corrected chi connectivity index (χ1v) is 4.75. The number of aliphatic hydroxyl groups is 6. The van der Waals surface area contributed by atoms with Crippen LogP contribution in [0.5, 0.6) is 0 Å². The summed E-state index contributed by atoms with van der Waals surface area (Å²) in [5.41, 5.74) is 0. The van der Waals surface area contributed by atoms with Gasteiger partial charge in [0, 0.05) is 0 Å². The van der Waals surface area contributed by atoms with Crippen LogP contribution in [0.4, 0.5) is 0 Å². The molecule has 0 radical (unpaired) electrons. The number of hydrogen-bond acceptors (Lipinski definition) is 6. The van der Waals surface area contributed by atoms with Gasteiger partial charge in [0.05, 0.1) is 25.4 Å². The van der Waals surface area contributed by atoms with Crippen LogP contribution < -0.4 is 0 Å². The molecule has 0 aromatic heterocycles. The molecule has 6 heteroatoms. The Hall–Kier alpha value is -0.240. The van der Waals surface area contributed by atoms with Crippen LogP contribution in [0.3, 0.4) is 0 Å². The summed E-state index contributed by atoms with van der Waals surface area (Å²) in [5, 5.41) is 47.8. The molecule has 0 spiro atoms. The zero-order valence-corrected chi connectivity index (χ0v) is 9.54. The lowest BCUT2D eigenvalue weighted by Gasteiger charge is -1.90. The highest BCUT2D eigenvalue weighted by Gasteiger charge is 1.84. The highest BCUT2D eigenvalue weighted by molar-refractivity contribution is 4.34. The molecule has 0 rings (SSSR count). The molecule has 0 aromatic rings. The third-order valence-corrected chi connectivity index (χ3v) is 0.894. The molecule has 0 saturated carbocycles. The van der Waals surface area contributed by atoms with Gasteiger partial charge in [-0.2, -0.15) is 0 Å². The maximum absolute atomic E-state index is 8.11. The van der Waals surface area contributed by atoms with Crippen molar-refractivity contribution in [3.05, 3.63) is 0 Å². The smallest absolute Gasteiger partial charge is 0.151 e. The Balaban J connectivity index is -0.000000144. The van der Waals surface area contributed by atoms with E-state index in [0.29, 0.717) is 6.42 Å². The van der Waals surface area contributed by atoms with Crippen LogP contribution in [-0.4, -0.2) is 62.4 Å². The molecule has 2 unspecified atom stereocenters. The lowest BCUT2D eigenvalue weighted by atomic mass is 10.5. The molecule has 0 amide bonds. The second-order valence-electron chi connectivity index (χ2n) is 2.95. The van der Waals surface area contributed by atoms with E-state index in [-0.39, 0.29) is 13.2 Å². The predicted octanol–water partition coefficient (Wildman–Crippen LogP) is -1.57. The van der Waals surface area contributed by atoms with Crippen LogP contribution in [0, 0.1) is 0 Å². The number of rotatable bonds is 3. The van der Waals surface area contributed by atoms with Crippen LogP contribution in [0.2, 0.25) is 0 Å². The van der Waals surface area contributed by atoms with Crippen molar-refractivity contribution in [3.63, 3.8) is 0 Å². The zero-order chi connectivity index (χ0) is 12.9. The third-order valence-electron chi connectivity index (χ3n) is 0.894. The van der Waals surface area contributed by atoms with E-state index in [1.165, 1.54) is 13.8 Å². The monoisotopic (exact) mass is 228 g/mol. The molecule has 0 aliphatic rings. The fourth-order valence-corrected chi connectivity index (χ4v) is 0. The van der Waals surface area contributed by atoms with E-state index in [9.17, 15) is 0 Å². The van der Waals surface area contributed by atoms with Gasteiger partial charge in [-0.15, -0.1) is 0 Å². The lowest BCUT2D eigenvalue weighted by molar-refractivity contribution is -0.0413. The summed E-state index contributed by atoms with van der Waals surface area (Å²) in [6, 6.07) is 0. The van der Waals surface area contributed by atoms with Crippen molar-refractivity contribution in [1.82, 2.24) is 0 Å². The van der Waals surface area contributed by atoms with E-state index in [0.717, 1.165) is 0 Å². The first-order valence-electron chi connectivity index (χ1n) is 4.75. The Morgan fingerprint density at radius 3 is 0.933 bits per heavy atom. The minimum Gasteiger partial charge on any atom is -0.394 e. The van der Waals surface area contributed by atoms with Crippen molar-refractivity contribution in [3.8, 4) is 0 Å². The van der Waals surface area contributed by atoms with Gasteiger partial charge < -0.3 is 30.6 Å². The summed E-state index contributed by atoms with van der Waals surface area (Å²) >= 11 is 0. The molecule has 6 nitrogen and oxygen atoms in total. The van der Waals surface area contributed by atoms with Gasteiger partial charge >= 0.3 is 0 Å². The minimum absolute atomic E-state index is 0.139. The second kappa shape index (κ2) is 16.2. The zero-order valence-electron chi connectivity index (χ0n) is 9.54. The van der Waals surface area contributed by atoms with E-state index < -0.39 is 18.5 Å². The first kappa shape index (κ1) is 20.2. The second-order valence-corrected chi connectivity index (χ2v) is 2.95. The topological polar surface area (TPSA) is 121 Å². The van der Waals surface area contributed by atoms with Gasteiger partial charge in [0.25, 0.3) is 0 Å². The molecule has 96 valence electrons. The van der Waals surface area contributed by atoms with E-state index >= 15 is 0 Å². The normalized spacial score (nSPS) is 13.2. The quantitative estimate of drug-likeness (QED) is 0.324. The Morgan fingerprint density at radius 1 is 0.800 bits per heavy atom. The van der Waals surface area contributed by atoms with Crippen molar-refractivity contribution in [2.75, 3.05) is 13.2 Å². The SMILES string of the molecule is CC(O)CO.CC(O)CO.CCC(O)O. The van der Waals surface area contributed by atoms with Crippen molar-refractivity contribution in [2.24, 2.45) is 0 Å². The van der Waals surface area contributed by atoms with E-state index in [1.54, 1.807) is 6.92 Å². The maximum Gasteiger partial charge on any atom is 0.151 e. The van der Waals surface area contributed by atoms with Crippen LogP contribution >= 0.6 is 0 Å². The summed E-state index contributed by atoms with van der Waals surface area (Å²) < 4.78 is 0. The molecule has 0 aliphatic heterocycles. The maximum atomic E-state index is 8.11. The van der Waals surface area contributed by atoms with E-state index in [2.05, 4.69) is 0 Å². The van der Waals surface area contributed by atoms with Gasteiger partial charge in [-0.25, -0.2) is 0 Å². The van der Waals surface area contributed by atoms with Gasteiger partial charge in [-0.05, 0) is 20.3 Å². The summed E-state index contributed by atoms with van der Waals surface area (Å²) in [7, 11) is 0. The third kappa shape index (κ3) is 57.4. The highest BCUT2D eigenvalue weighted by Crippen LogP contribution is 1.77. The fraction of sp³-hybridized carbons (Fsp3) is 1.00. The first-order chi connectivity index (χ1) is 6.81. The van der Waals surface area contributed by atoms with Gasteiger partial charge in [-0.3, -0.25) is 0 Å². The molecule has 0 heterocycles. The lowest BCUT2D eigenvalue weighted by Crippen LogP contribution is -2.03. The van der Waals surface area contributed by atoms with Crippen molar-refractivity contribution in [2.45, 2.75) is 45.7 Å². The molecular weight excluding hydrogens is 204 g/mol. The van der Waals surface area contributed by atoms with Crippen LogP contribution in [0.25, 0.3) is 0 Å². The predicted molar refractivity (Wildman–Crippen MR) is 56.0 cm³/mol. The fourth-order valence-electron chi connectivity index (χ4n) is 0. The van der Waals surface area contributed by atoms with Crippen molar-refractivity contribution >= 4 is 0 Å². The van der Waals surface area contributed by atoms with Crippen molar-refractivity contribution < 1.29 is 30.6 Å². The van der Waals surface area contributed by atoms with Gasteiger partial charge in [-0.1, -0.05) is 6.92 Å². The number of hydrogen-bond donors (Lipinski definition) is 6. The molecule has 0 saturated heterocycles. The minimum atomic E-state index is -1.12. The molecule has 2 atom stereocenters. The Morgan fingerprint density at radius 2 is 0.933 bits per heavy atom. The Kier molecular flexibility index (Phi) is 21.8. The van der Waals surface area contributed by atoms with Gasteiger partial charge in [0.15, 0.2) is 6.29 Å². The number of aliphatic hydroxyl groups excluding tert-OH is 5. The highest BCUT2D eigenvalue weighted by atomic mass is 16.5. The van der Waals surface area contributed by atoms with Gasteiger partial charge in [0.1, 0.15) is 0 Å². The molecule has 0 aromatic carbocycles. The molecule has 0 bridgehead atoms. The standard InChI is InChI=1S/3C3H8O2/c2*1-3(5)2-4;1-2-3(4)5/h3*3-5H,2H2,1H3. The average Bonchev–Trinajstić information content (AvgIpc) is 2.19. The molecule has 0 aliphatic carbocycles. The largest absolute Gasteiger partial charge is 0.394 e. The Bertz CT molecular complexity index is 75.6. The van der Waals surface area contributed by atoms with Crippen LogP contribution in [0.1, 0.15) is 27.2 Å². The van der Waals surface area contributed by atoms with Gasteiger partial charge in [0.2, 0.25) is 0 Å². The molecular formula is C9H24O6. The van der Waals surface area contributed by atoms with Crippen LogP contribution in [0.15, 0.2) is 0 Å².